The molecule has 0 spiro atoms. The molecular weight excluding hydrogens is 218 g/mol. The van der Waals surface area contributed by atoms with E-state index in [4.69, 9.17) is 9.15 Å². The van der Waals surface area contributed by atoms with Gasteiger partial charge in [-0.2, -0.15) is 0 Å². The summed E-state index contributed by atoms with van der Waals surface area (Å²) < 4.78 is 11.0. The van der Waals surface area contributed by atoms with Crippen molar-refractivity contribution in [3.05, 3.63) is 11.8 Å². The number of hydrogen-bond donors (Lipinski definition) is 1. The van der Waals surface area contributed by atoms with E-state index in [-0.39, 0.29) is 0 Å². The molecule has 2 rings (SSSR count). The van der Waals surface area contributed by atoms with Crippen molar-refractivity contribution in [3.63, 3.8) is 0 Å². The van der Waals surface area contributed by atoms with Gasteiger partial charge in [0.25, 0.3) is 0 Å². The Morgan fingerprint density at radius 2 is 2.29 bits per heavy atom. The van der Waals surface area contributed by atoms with Crippen molar-refractivity contribution in [1.82, 2.24) is 15.5 Å². The Kier molecular flexibility index (Phi) is 4.50. The number of ether oxygens (including phenoxy) is 1. The van der Waals surface area contributed by atoms with Gasteiger partial charge in [0.05, 0.1) is 12.5 Å². The SMILES string of the molecule is CC(C)NCCCc1nnc(C2CCOC2)o1. The van der Waals surface area contributed by atoms with Gasteiger partial charge in [-0.15, -0.1) is 10.2 Å². The molecule has 1 unspecified atom stereocenters. The van der Waals surface area contributed by atoms with E-state index >= 15 is 0 Å². The van der Waals surface area contributed by atoms with Gasteiger partial charge in [-0.1, -0.05) is 13.8 Å². The van der Waals surface area contributed by atoms with Crippen molar-refractivity contribution in [2.45, 2.75) is 45.1 Å². The number of aromatic nitrogens is 2. The van der Waals surface area contributed by atoms with Gasteiger partial charge >= 0.3 is 0 Å². The third-order valence-corrected chi connectivity index (χ3v) is 2.88. The fourth-order valence-corrected chi connectivity index (χ4v) is 1.89. The first-order chi connectivity index (χ1) is 8.25. The Hall–Kier alpha value is -0.940. The summed E-state index contributed by atoms with van der Waals surface area (Å²) in [5.74, 6) is 1.80. The Bertz CT molecular complexity index is 332. The highest BCUT2D eigenvalue weighted by Crippen LogP contribution is 2.23. The van der Waals surface area contributed by atoms with E-state index < -0.39 is 0 Å². The molecule has 5 heteroatoms. The first kappa shape index (κ1) is 12.5. The molecule has 0 aromatic carbocycles. The second kappa shape index (κ2) is 6.12. The monoisotopic (exact) mass is 239 g/mol. The standard InChI is InChI=1S/C12H21N3O2/c1-9(2)13-6-3-4-11-14-15-12(17-11)10-5-7-16-8-10/h9-10,13H,3-8H2,1-2H3. The third-order valence-electron chi connectivity index (χ3n) is 2.88. The summed E-state index contributed by atoms with van der Waals surface area (Å²) in [6.07, 6.45) is 2.87. The molecule has 1 aromatic heterocycles. The second-order valence-corrected chi connectivity index (χ2v) is 4.81. The quantitative estimate of drug-likeness (QED) is 0.762. The topological polar surface area (TPSA) is 60.2 Å². The lowest BCUT2D eigenvalue weighted by atomic mass is 10.1. The molecule has 0 radical (unpaired) electrons. The van der Waals surface area contributed by atoms with Gasteiger partial charge in [0.2, 0.25) is 11.8 Å². The van der Waals surface area contributed by atoms with Crippen LogP contribution in [-0.4, -0.2) is 36.0 Å². The Balaban J connectivity index is 1.74. The van der Waals surface area contributed by atoms with Crippen LogP contribution in [0.2, 0.25) is 0 Å². The maximum atomic E-state index is 5.64. The molecular formula is C12H21N3O2. The van der Waals surface area contributed by atoms with Crippen molar-refractivity contribution in [2.75, 3.05) is 19.8 Å². The van der Waals surface area contributed by atoms with E-state index in [0.717, 1.165) is 50.8 Å². The van der Waals surface area contributed by atoms with E-state index in [1.165, 1.54) is 0 Å². The minimum absolute atomic E-state index is 0.310. The number of nitrogens with zero attached hydrogens (tertiary/aromatic N) is 2. The molecule has 1 N–H and O–H groups in total. The van der Waals surface area contributed by atoms with Crippen molar-refractivity contribution in [3.8, 4) is 0 Å². The molecule has 0 saturated carbocycles. The van der Waals surface area contributed by atoms with Crippen LogP contribution in [0.5, 0.6) is 0 Å². The smallest absolute Gasteiger partial charge is 0.222 e. The van der Waals surface area contributed by atoms with Crippen molar-refractivity contribution >= 4 is 0 Å². The third kappa shape index (κ3) is 3.78. The molecule has 0 amide bonds. The molecule has 1 aliphatic heterocycles. The highest BCUT2D eigenvalue weighted by molar-refractivity contribution is 4.93. The van der Waals surface area contributed by atoms with E-state index in [0.29, 0.717) is 12.0 Å². The number of rotatable bonds is 6. The molecule has 2 heterocycles. The van der Waals surface area contributed by atoms with Gasteiger partial charge in [0.15, 0.2) is 0 Å². The van der Waals surface area contributed by atoms with Crippen molar-refractivity contribution in [2.24, 2.45) is 0 Å². The van der Waals surface area contributed by atoms with Crippen LogP contribution < -0.4 is 5.32 Å². The Labute approximate surface area is 102 Å². The highest BCUT2D eigenvalue weighted by Gasteiger charge is 2.23. The predicted octanol–water partition coefficient (Wildman–Crippen LogP) is 1.50. The summed E-state index contributed by atoms with van der Waals surface area (Å²) in [6.45, 7) is 6.80. The molecule has 1 saturated heterocycles. The van der Waals surface area contributed by atoms with E-state index in [1.54, 1.807) is 0 Å². The summed E-state index contributed by atoms with van der Waals surface area (Å²) in [5.41, 5.74) is 0. The van der Waals surface area contributed by atoms with Crippen LogP contribution in [0, 0.1) is 0 Å². The first-order valence-electron chi connectivity index (χ1n) is 6.39. The predicted molar refractivity (Wildman–Crippen MR) is 63.9 cm³/mol. The van der Waals surface area contributed by atoms with Crippen LogP contribution in [0.15, 0.2) is 4.42 Å². The van der Waals surface area contributed by atoms with E-state index in [1.807, 2.05) is 0 Å². The van der Waals surface area contributed by atoms with Gasteiger partial charge in [-0.05, 0) is 19.4 Å². The minimum atomic E-state index is 0.310. The molecule has 17 heavy (non-hydrogen) atoms. The zero-order valence-electron chi connectivity index (χ0n) is 10.6. The molecule has 5 nitrogen and oxygen atoms in total. The average molecular weight is 239 g/mol. The van der Waals surface area contributed by atoms with Gasteiger partial charge in [0, 0.05) is 19.1 Å². The number of nitrogens with one attached hydrogen (secondary N) is 1. The minimum Gasteiger partial charge on any atom is -0.425 e. The molecule has 1 atom stereocenters. The highest BCUT2D eigenvalue weighted by atomic mass is 16.5. The second-order valence-electron chi connectivity index (χ2n) is 4.81. The van der Waals surface area contributed by atoms with Crippen LogP contribution in [0.3, 0.4) is 0 Å². The molecule has 0 bridgehead atoms. The summed E-state index contributed by atoms with van der Waals surface area (Å²) in [6, 6.07) is 0.531. The van der Waals surface area contributed by atoms with Gasteiger partial charge < -0.3 is 14.5 Å². The molecule has 1 fully saturated rings. The zero-order chi connectivity index (χ0) is 12.1. The molecule has 0 aliphatic carbocycles. The molecule has 1 aromatic rings. The van der Waals surface area contributed by atoms with Gasteiger partial charge in [-0.25, -0.2) is 0 Å². The Morgan fingerprint density at radius 3 is 3.00 bits per heavy atom. The number of hydrogen-bond acceptors (Lipinski definition) is 5. The lowest BCUT2D eigenvalue weighted by Gasteiger charge is -2.05. The van der Waals surface area contributed by atoms with E-state index in [2.05, 4.69) is 29.4 Å². The maximum absolute atomic E-state index is 5.64. The largest absolute Gasteiger partial charge is 0.425 e. The fourth-order valence-electron chi connectivity index (χ4n) is 1.89. The van der Waals surface area contributed by atoms with Gasteiger partial charge in [0.1, 0.15) is 0 Å². The van der Waals surface area contributed by atoms with Crippen molar-refractivity contribution in [1.29, 1.82) is 0 Å². The average Bonchev–Trinajstić information content (AvgIpc) is 2.94. The number of aryl methyl sites for hydroxylation is 1. The summed E-state index contributed by atoms with van der Waals surface area (Å²) in [7, 11) is 0. The first-order valence-corrected chi connectivity index (χ1v) is 6.39. The van der Waals surface area contributed by atoms with Crippen LogP contribution >= 0.6 is 0 Å². The zero-order valence-corrected chi connectivity index (χ0v) is 10.6. The lowest BCUT2D eigenvalue weighted by molar-refractivity contribution is 0.190. The summed E-state index contributed by atoms with van der Waals surface area (Å²) in [4.78, 5) is 0. The van der Waals surface area contributed by atoms with Crippen LogP contribution in [0.25, 0.3) is 0 Å². The summed E-state index contributed by atoms with van der Waals surface area (Å²) in [5, 5.41) is 11.5. The maximum Gasteiger partial charge on any atom is 0.222 e. The summed E-state index contributed by atoms with van der Waals surface area (Å²) >= 11 is 0. The lowest BCUT2D eigenvalue weighted by Crippen LogP contribution is -2.23. The van der Waals surface area contributed by atoms with Crippen molar-refractivity contribution < 1.29 is 9.15 Å². The van der Waals surface area contributed by atoms with Crippen LogP contribution in [0.1, 0.15) is 44.4 Å². The Morgan fingerprint density at radius 1 is 1.41 bits per heavy atom. The normalized spacial score (nSPS) is 20.3. The van der Waals surface area contributed by atoms with Crippen LogP contribution in [-0.2, 0) is 11.2 Å². The fraction of sp³-hybridized carbons (Fsp3) is 0.833. The molecule has 96 valence electrons. The van der Waals surface area contributed by atoms with Crippen LogP contribution in [0.4, 0.5) is 0 Å². The molecule has 1 aliphatic rings. The van der Waals surface area contributed by atoms with Gasteiger partial charge in [-0.3, -0.25) is 0 Å². The van der Waals surface area contributed by atoms with E-state index in [9.17, 15) is 0 Å².